The minimum absolute atomic E-state index is 0.144. The van der Waals surface area contributed by atoms with Gasteiger partial charge in [0.15, 0.2) is 0 Å². The summed E-state index contributed by atoms with van der Waals surface area (Å²) in [5, 5.41) is 0. The first-order valence-electron chi connectivity index (χ1n) is 8.99. The molecule has 2 aromatic rings. The molecule has 1 unspecified atom stereocenters. The van der Waals surface area contributed by atoms with Crippen molar-refractivity contribution >= 4 is 10.0 Å². The molecule has 6 heteroatoms. The highest BCUT2D eigenvalue weighted by Crippen LogP contribution is 2.21. The van der Waals surface area contributed by atoms with Gasteiger partial charge in [0.25, 0.3) is 0 Å². The Labute approximate surface area is 155 Å². The summed E-state index contributed by atoms with van der Waals surface area (Å²) in [6.45, 7) is 4.23. The van der Waals surface area contributed by atoms with E-state index in [1.54, 1.807) is 6.07 Å². The van der Waals surface area contributed by atoms with Crippen molar-refractivity contribution in [1.82, 2.24) is 9.62 Å². The van der Waals surface area contributed by atoms with Gasteiger partial charge in [-0.2, -0.15) is 0 Å². The number of nitrogens with zero attached hydrogens (tertiary/aromatic N) is 1. The van der Waals surface area contributed by atoms with Crippen LogP contribution in [0.15, 0.2) is 48.5 Å². The van der Waals surface area contributed by atoms with Crippen molar-refractivity contribution < 1.29 is 12.8 Å². The van der Waals surface area contributed by atoms with Gasteiger partial charge in [-0.1, -0.05) is 43.3 Å². The van der Waals surface area contributed by atoms with Gasteiger partial charge in [0, 0.05) is 25.7 Å². The van der Waals surface area contributed by atoms with Crippen LogP contribution in [0.4, 0.5) is 4.39 Å². The van der Waals surface area contributed by atoms with E-state index >= 15 is 0 Å². The molecule has 3 rings (SSSR count). The summed E-state index contributed by atoms with van der Waals surface area (Å²) in [7, 11) is -3.50. The number of rotatable bonds is 7. The summed E-state index contributed by atoms with van der Waals surface area (Å²) in [5.74, 6) is -0.625. The average molecular weight is 376 g/mol. The fraction of sp³-hybridized carbons (Fsp3) is 0.400. The van der Waals surface area contributed by atoms with Crippen LogP contribution in [-0.4, -0.2) is 32.4 Å². The van der Waals surface area contributed by atoms with E-state index in [0.29, 0.717) is 12.1 Å². The smallest absolute Gasteiger partial charge is 0.215 e. The first-order valence-corrected chi connectivity index (χ1v) is 10.6. The Bertz CT molecular complexity index is 854. The molecule has 4 nitrogen and oxygen atoms in total. The molecule has 1 aliphatic heterocycles. The lowest BCUT2D eigenvalue weighted by atomic mass is 9.98. The van der Waals surface area contributed by atoms with Crippen LogP contribution in [0, 0.1) is 5.82 Å². The maximum Gasteiger partial charge on any atom is 0.215 e. The minimum atomic E-state index is -3.50. The van der Waals surface area contributed by atoms with Gasteiger partial charge in [0.2, 0.25) is 10.0 Å². The second kappa shape index (κ2) is 8.29. The molecule has 0 aliphatic carbocycles. The largest absolute Gasteiger partial charge is 0.295 e. The van der Waals surface area contributed by atoms with Gasteiger partial charge in [-0.05, 0) is 41.7 Å². The molecule has 1 atom stereocenters. The van der Waals surface area contributed by atoms with E-state index in [4.69, 9.17) is 0 Å². The lowest BCUT2D eigenvalue weighted by molar-refractivity contribution is 0.175. The number of sulfonamides is 1. The van der Waals surface area contributed by atoms with Gasteiger partial charge in [-0.25, -0.2) is 17.5 Å². The van der Waals surface area contributed by atoms with Crippen LogP contribution in [-0.2, 0) is 28.7 Å². The topological polar surface area (TPSA) is 49.4 Å². The Kier molecular flexibility index (Phi) is 6.06. The van der Waals surface area contributed by atoms with Crippen LogP contribution in [0.25, 0.3) is 0 Å². The first-order chi connectivity index (χ1) is 12.5. The van der Waals surface area contributed by atoms with Crippen molar-refractivity contribution in [2.75, 3.05) is 13.1 Å². The van der Waals surface area contributed by atoms with Crippen molar-refractivity contribution in [1.29, 1.82) is 0 Å². The Morgan fingerprint density at radius 1 is 1.15 bits per heavy atom. The number of fused-ring (bicyclic) bond motifs is 1. The molecule has 1 N–H and O–H groups in total. The van der Waals surface area contributed by atoms with Crippen LogP contribution >= 0.6 is 0 Å². The second-order valence-corrected chi connectivity index (χ2v) is 8.60. The molecular formula is C20H25FN2O2S. The number of hydrogen-bond acceptors (Lipinski definition) is 3. The summed E-state index contributed by atoms with van der Waals surface area (Å²) in [4.78, 5) is 2.34. The van der Waals surface area contributed by atoms with Crippen LogP contribution in [0.2, 0.25) is 0 Å². The molecule has 26 heavy (non-hydrogen) atoms. The number of halogens is 1. The van der Waals surface area contributed by atoms with Crippen LogP contribution in [0.5, 0.6) is 0 Å². The zero-order valence-electron chi connectivity index (χ0n) is 15.0. The predicted molar refractivity (Wildman–Crippen MR) is 102 cm³/mol. The van der Waals surface area contributed by atoms with E-state index in [1.165, 1.54) is 29.3 Å². The molecule has 0 aromatic heterocycles. The molecule has 0 radical (unpaired) electrons. The molecule has 0 amide bonds. The van der Waals surface area contributed by atoms with Crippen LogP contribution in [0.1, 0.15) is 30.0 Å². The quantitative estimate of drug-likeness (QED) is 0.808. The highest BCUT2D eigenvalue weighted by molar-refractivity contribution is 7.88. The van der Waals surface area contributed by atoms with Crippen molar-refractivity contribution in [3.63, 3.8) is 0 Å². The van der Waals surface area contributed by atoms with Crippen molar-refractivity contribution in [3.8, 4) is 0 Å². The van der Waals surface area contributed by atoms with Gasteiger partial charge < -0.3 is 0 Å². The van der Waals surface area contributed by atoms with E-state index in [0.717, 1.165) is 25.9 Å². The molecule has 1 heterocycles. The molecule has 0 spiro atoms. The summed E-state index contributed by atoms with van der Waals surface area (Å²) >= 11 is 0. The molecule has 0 bridgehead atoms. The fourth-order valence-corrected chi connectivity index (χ4v) is 4.65. The van der Waals surface area contributed by atoms with Crippen LogP contribution in [0.3, 0.4) is 0 Å². The monoisotopic (exact) mass is 376 g/mol. The Morgan fingerprint density at radius 2 is 1.92 bits per heavy atom. The predicted octanol–water partition coefficient (Wildman–Crippen LogP) is 3.08. The number of nitrogens with one attached hydrogen (secondary N) is 1. The van der Waals surface area contributed by atoms with Gasteiger partial charge >= 0.3 is 0 Å². The Morgan fingerprint density at radius 3 is 2.65 bits per heavy atom. The zero-order chi connectivity index (χ0) is 18.6. The summed E-state index contributed by atoms with van der Waals surface area (Å²) in [6.07, 6.45) is 1.85. The molecule has 2 aromatic carbocycles. The van der Waals surface area contributed by atoms with Crippen LogP contribution < -0.4 is 4.72 Å². The van der Waals surface area contributed by atoms with Gasteiger partial charge in [0.1, 0.15) is 5.82 Å². The van der Waals surface area contributed by atoms with Crippen molar-refractivity contribution in [3.05, 3.63) is 71.0 Å². The van der Waals surface area contributed by atoms with E-state index < -0.39 is 15.8 Å². The van der Waals surface area contributed by atoms with E-state index in [9.17, 15) is 12.8 Å². The second-order valence-electron chi connectivity index (χ2n) is 6.79. The molecule has 0 saturated heterocycles. The standard InChI is InChI=1S/C20H25FN2O2S/c1-2-20(23-11-10-17-7-3-4-8-18(17)14-23)13-22-26(24,25)15-16-6-5-9-19(21)12-16/h3-9,12,20,22H,2,10-11,13-15H2,1H3. The third-order valence-corrected chi connectivity index (χ3v) is 6.25. The molecule has 1 aliphatic rings. The van der Waals surface area contributed by atoms with Gasteiger partial charge in [-0.3, -0.25) is 4.90 Å². The van der Waals surface area contributed by atoms with E-state index in [1.807, 2.05) is 6.07 Å². The van der Waals surface area contributed by atoms with Crippen molar-refractivity contribution in [2.24, 2.45) is 0 Å². The van der Waals surface area contributed by atoms with E-state index in [2.05, 4.69) is 34.7 Å². The highest BCUT2D eigenvalue weighted by atomic mass is 32.2. The summed E-state index contributed by atoms with van der Waals surface area (Å²) in [6, 6.07) is 14.3. The average Bonchev–Trinajstić information content (AvgIpc) is 2.61. The van der Waals surface area contributed by atoms with Gasteiger partial charge in [-0.15, -0.1) is 0 Å². The SMILES string of the molecule is CCC(CNS(=O)(=O)Cc1cccc(F)c1)N1CCc2ccccc2C1. The zero-order valence-corrected chi connectivity index (χ0v) is 15.8. The Hall–Kier alpha value is -1.76. The van der Waals surface area contributed by atoms with E-state index in [-0.39, 0.29) is 11.8 Å². The van der Waals surface area contributed by atoms with Gasteiger partial charge in [0.05, 0.1) is 5.75 Å². The first kappa shape index (κ1) is 19.0. The Balaban J connectivity index is 1.60. The third kappa shape index (κ3) is 4.90. The lowest BCUT2D eigenvalue weighted by Crippen LogP contribution is -2.45. The number of hydrogen-bond donors (Lipinski definition) is 1. The summed E-state index contributed by atoms with van der Waals surface area (Å²) in [5.41, 5.74) is 3.16. The molecular weight excluding hydrogens is 351 g/mol. The molecule has 0 fully saturated rings. The maximum absolute atomic E-state index is 13.3. The lowest BCUT2D eigenvalue weighted by Gasteiger charge is -2.35. The summed E-state index contributed by atoms with van der Waals surface area (Å²) < 4.78 is 40.7. The molecule has 140 valence electrons. The fourth-order valence-electron chi connectivity index (χ4n) is 3.48. The maximum atomic E-state index is 13.3. The normalized spacial score (nSPS) is 16.2. The highest BCUT2D eigenvalue weighted by Gasteiger charge is 2.23. The minimum Gasteiger partial charge on any atom is -0.295 e. The molecule has 0 saturated carbocycles. The van der Waals surface area contributed by atoms with Crippen molar-refractivity contribution in [2.45, 2.75) is 38.1 Å². The number of benzene rings is 2. The third-order valence-electron chi connectivity index (χ3n) is 4.93.